The quantitative estimate of drug-likeness (QED) is 0.686. The van der Waals surface area contributed by atoms with Gasteiger partial charge in [-0.15, -0.1) is 11.3 Å². The number of aryl methyl sites for hydroxylation is 1. The maximum Gasteiger partial charge on any atom is 0.350 e. The van der Waals surface area contributed by atoms with Crippen LogP contribution in [0.1, 0.15) is 32.3 Å². The Labute approximate surface area is 159 Å². The van der Waals surface area contributed by atoms with Gasteiger partial charge in [0.1, 0.15) is 16.9 Å². The van der Waals surface area contributed by atoms with Gasteiger partial charge in [-0.2, -0.15) is 0 Å². The molecule has 0 bridgehead atoms. The Hall–Kier alpha value is -2.37. The molecule has 2 atom stereocenters. The first-order valence-electron chi connectivity index (χ1n) is 8.22. The van der Waals surface area contributed by atoms with Gasteiger partial charge < -0.3 is 10.5 Å². The molecule has 0 saturated carbocycles. The highest BCUT2D eigenvalue weighted by molar-refractivity contribution is 7.21. The van der Waals surface area contributed by atoms with Gasteiger partial charge in [0, 0.05) is 16.5 Å². The molecule has 6 heteroatoms. The van der Waals surface area contributed by atoms with Gasteiger partial charge >= 0.3 is 5.97 Å². The van der Waals surface area contributed by atoms with E-state index in [4.69, 9.17) is 22.1 Å². The molecule has 26 heavy (non-hydrogen) atoms. The van der Waals surface area contributed by atoms with E-state index in [9.17, 15) is 9.59 Å². The molecule has 3 aromatic rings. The first-order valence-corrected chi connectivity index (χ1v) is 9.42. The summed E-state index contributed by atoms with van der Waals surface area (Å²) in [6.07, 6.45) is -0.141. The summed E-state index contributed by atoms with van der Waals surface area (Å²) >= 11 is 7.70. The van der Waals surface area contributed by atoms with Crippen LogP contribution in [0.25, 0.3) is 10.1 Å². The van der Waals surface area contributed by atoms with Crippen LogP contribution in [0.3, 0.4) is 0 Å². The number of nitrogens with two attached hydrogens (primary N) is 1. The lowest BCUT2D eigenvalue weighted by Crippen LogP contribution is -2.32. The van der Waals surface area contributed by atoms with Gasteiger partial charge in [0.2, 0.25) is 5.91 Å². The third-order valence-electron chi connectivity index (χ3n) is 4.72. The average molecular weight is 386 g/mol. The molecule has 0 aliphatic heterocycles. The summed E-state index contributed by atoms with van der Waals surface area (Å²) in [4.78, 5) is 25.0. The molecule has 1 aliphatic carbocycles. The van der Waals surface area contributed by atoms with E-state index in [1.54, 1.807) is 0 Å². The summed E-state index contributed by atoms with van der Waals surface area (Å²) in [5.41, 5.74) is 8.47. The number of carbonyl (C=O) groups is 2. The number of esters is 1. The SMILES string of the molecule is Cc1ccc2c(Cl)c(C(=O)OC3Cc4ccccc4C3C(N)=O)sc2c1. The molecule has 1 aromatic heterocycles. The van der Waals surface area contributed by atoms with E-state index >= 15 is 0 Å². The van der Waals surface area contributed by atoms with Crippen molar-refractivity contribution in [2.45, 2.75) is 25.4 Å². The number of hydrogen-bond acceptors (Lipinski definition) is 4. The molecule has 2 N–H and O–H groups in total. The van der Waals surface area contributed by atoms with Crippen molar-refractivity contribution in [3.05, 3.63) is 69.1 Å². The predicted octanol–water partition coefficient (Wildman–Crippen LogP) is 4.21. The third-order valence-corrected chi connectivity index (χ3v) is 6.36. The molecule has 4 nitrogen and oxygen atoms in total. The average Bonchev–Trinajstić information content (AvgIpc) is 3.12. The maximum absolute atomic E-state index is 12.7. The number of primary amides is 1. The maximum atomic E-state index is 12.7. The zero-order valence-electron chi connectivity index (χ0n) is 14.0. The minimum atomic E-state index is -0.634. The summed E-state index contributed by atoms with van der Waals surface area (Å²) in [5.74, 6) is -1.64. The zero-order chi connectivity index (χ0) is 18.4. The fraction of sp³-hybridized carbons (Fsp3) is 0.200. The molecule has 4 rings (SSSR count). The first-order chi connectivity index (χ1) is 12.5. The molecular formula is C20H16ClNO3S. The van der Waals surface area contributed by atoms with Crippen LogP contribution in [0.4, 0.5) is 0 Å². The summed E-state index contributed by atoms with van der Waals surface area (Å²) in [6, 6.07) is 13.4. The molecular weight excluding hydrogens is 370 g/mol. The molecule has 0 saturated heterocycles. The Morgan fingerprint density at radius 3 is 2.77 bits per heavy atom. The lowest BCUT2D eigenvalue weighted by molar-refractivity contribution is -0.121. The Morgan fingerprint density at radius 2 is 2.00 bits per heavy atom. The summed E-state index contributed by atoms with van der Waals surface area (Å²) < 4.78 is 6.61. The standard InChI is InChI=1S/C20H16ClNO3S/c1-10-6-7-13-15(8-10)26-18(17(13)21)20(24)25-14-9-11-4-2-3-5-12(11)16(14)19(22)23/h2-8,14,16H,9H2,1H3,(H2,22,23). The molecule has 132 valence electrons. The van der Waals surface area contributed by atoms with Crippen LogP contribution in [0.15, 0.2) is 42.5 Å². The van der Waals surface area contributed by atoms with Crippen molar-refractivity contribution >= 4 is 44.9 Å². The van der Waals surface area contributed by atoms with Crippen LogP contribution in [-0.4, -0.2) is 18.0 Å². The van der Waals surface area contributed by atoms with Crippen molar-refractivity contribution in [2.75, 3.05) is 0 Å². The van der Waals surface area contributed by atoms with E-state index in [0.29, 0.717) is 16.3 Å². The van der Waals surface area contributed by atoms with E-state index in [2.05, 4.69) is 0 Å². The zero-order valence-corrected chi connectivity index (χ0v) is 15.6. The highest BCUT2D eigenvalue weighted by Crippen LogP contribution is 2.39. The van der Waals surface area contributed by atoms with E-state index in [-0.39, 0.29) is 0 Å². The van der Waals surface area contributed by atoms with Gasteiger partial charge in [0.05, 0.1) is 5.02 Å². The van der Waals surface area contributed by atoms with Gasteiger partial charge in [-0.05, 0) is 29.7 Å². The number of fused-ring (bicyclic) bond motifs is 2. The number of ether oxygens (including phenoxy) is 1. The minimum Gasteiger partial charge on any atom is -0.457 e. The Morgan fingerprint density at radius 1 is 1.23 bits per heavy atom. The van der Waals surface area contributed by atoms with Crippen molar-refractivity contribution in [1.82, 2.24) is 0 Å². The molecule has 1 aliphatic rings. The van der Waals surface area contributed by atoms with Crippen molar-refractivity contribution in [3.63, 3.8) is 0 Å². The number of carbonyl (C=O) groups excluding carboxylic acids is 2. The van der Waals surface area contributed by atoms with E-state index < -0.39 is 23.9 Å². The summed E-state index contributed by atoms with van der Waals surface area (Å²) in [6.45, 7) is 1.98. The van der Waals surface area contributed by atoms with Gasteiger partial charge in [0.15, 0.2) is 0 Å². The molecule has 2 unspecified atom stereocenters. The van der Waals surface area contributed by atoms with Crippen molar-refractivity contribution < 1.29 is 14.3 Å². The van der Waals surface area contributed by atoms with E-state index in [1.807, 2.05) is 49.4 Å². The topological polar surface area (TPSA) is 69.4 Å². The fourth-order valence-electron chi connectivity index (χ4n) is 3.50. The largest absolute Gasteiger partial charge is 0.457 e. The number of amides is 1. The van der Waals surface area contributed by atoms with Crippen molar-refractivity contribution in [3.8, 4) is 0 Å². The molecule has 0 radical (unpaired) electrons. The lowest BCUT2D eigenvalue weighted by Gasteiger charge is -2.17. The minimum absolute atomic E-state index is 0.353. The predicted molar refractivity (Wildman–Crippen MR) is 103 cm³/mol. The number of thiophene rings is 1. The van der Waals surface area contributed by atoms with Crippen LogP contribution in [0, 0.1) is 6.92 Å². The van der Waals surface area contributed by atoms with Gasteiger partial charge in [0.25, 0.3) is 0 Å². The van der Waals surface area contributed by atoms with E-state index in [0.717, 1.165) is 26.8 Å². The van der Waals surface area contributed by atoms with Crippen LogP contribution in [-0.2, 0) is 16.0 Å². The highest BCUT2D eigenvalue weighted by Gasteiger charge is 2.39. The highest BCUT2D eigenvalue weighted by atomic mass is 35.5. The number of rotatable bonds is 3. The van der Waals surface area contributed by atoms with Crippen LogP contribution in [0.5, 0.6) is 0 Å². The third kappa shape index (κ3) is 2.77. The van der Waals surface area contributed by atoms with Crippen LogP contribution >= 0.6 is 22.9 Å². The van der Waals surface area contributed by atoms with Gasteiger partial charge in [-0.25, -0.2) is 4.79 Å². The summed E-state index contributed by atoms with van der Waals surface area (Å²) in [7, 11) is 0. The second kappa shape index (κ2) is 6.41. The lowest BCUT2D eigenvalue weighted by atomic mass is 9.99. The normalized spacial score (nSPS) is 18.7. The first kappa shape index (κ1) is 17.1. The van der Waals surface area contributed by atoms with Crippen LogP contribution in [0.2, 0.25) is 5.02 Å². The molecule has 0 spiro atoms. The van der Waals surface area contributed by atoms with Gasteiger partial charge in [-0.1, -0.05) is 48.0 Å². The van der Waals surface area contributed by atoms with Crippen molar-refractivity contribution in [1.29, 1.82) is 0 Å². The molecule has 0 fully saturated rings. The Kier molecular flexibility index (Phi) is 4.21. The van der Waals surface area contributed by atoms with Crippen LogP contribution < -0.4 is 5.73 Å². The summed E-state index contributed by atoms with van der Waals surface area (Å²) in [5, 5.41) is 1.22. The number of benzene rings is 2. The number of halogens is 1. The van der Waals surface area contributed by atoms with Gasteiger partial charge in [-0.3, -0.25) is 4.79 Å². The Balaban J connectivity index is 1.65. The molecule has 1 amide bonds. The van der Waals surface area contributed by atoms with E-state index in [1.165, 1.54) is 11.3 Å². The smallest absolute Gasteiger partial charge is 0.350 e. The second-order valence-corrected chi connectivity index (χ2v) is 7.90. The fourth-order valence-corrected chi connectivity index (χ4v) is 4.99. The second-order valence-electron chi connectivity index (χ2n) is 6.47. The number of hydrogen-bond donors (Lipinski definition) is 1. The Bertz CT molecular complexity index is 1040. The monoisotopic (exact) mass is 385 g/mol. The molecule has 2 aromatic carbocycles. The van der Waals surface area contributed by atoms with Crippen molar-refractivity contribution in [2.24, 2.45) is 5.73 Å². The molecule has 1 heterocycles.